The number of ketones is 1. The number of nitrogens with zero attached hydrogens (tertiary/aromatic N) is 2. The summed E-state index contributed by atoms with van der Waals surface area (Å²) in [5, 5.41) is 5.38. The van der Waals surface area contributed by atoms with Crippen LogP contribution in [0.3, 0.4) is 0 Å². The van der Waals surface area contributed by atoms with Crippen LogP contribution in [0, 0.1) is 0 Å². The SMILES string of the molecule is O=C(Cn1cc(Cl)cn1)c1cc2ccccc2o1. The van der Waals surface area contributed by atoms with Crippen LogP contribution in [-0.4, -0.2) is 15.6 Å². The molecule has 2 aromatic heterocycles. The highest BCUT2D eigenvalue weighted by molar-refractivity contribution is 6.30. The Hall–Kier alpha value is -2.07. The van der Waals surface area contributed by atoms with E-state index in [-0.39, 0.29) is 12.3 Å². The summed E-state index contributed by atoms with van der Waals surface area (Å²) in [7, 11) is 0. The second-order valence-corrected chi connectivity index (χ2v) is 4.36. The quantitative estimate of drug-likeness (QED) is 0.680. The van der Waals surface area contributed by atoms with E-state index >= 15 is 0 Å². The van der Waals surface area contributed by atoms with Gasteiger partial charge in [-0.25, -0.2) is 0 Å². The van der Waals surface area contributed by atoms with Crippen molar-refractivity contribution in [1.82, 2.24) is 9.78 Å². The molecule has 0 saturated heterocycles. The summed E-state index contributed by atoms with van der Waals surface area (Å²) in [4.78, 5) is 12.0. The van der Waals surface area contributed by atoms with Crippen molar-refractivity contribution in [1.29, 1.82) is 0 Å². The number of benzene rings is 1. The molecule has 0 aliphatic heterocycles. The molecule has 0 radical (unpaired) electrons. The predicted molar refractivity (Wildman–Crippen MR) is 67.8 cm³/mol. The first-order chi connectivity index (χ1) is 8.72. The second-order valence-electron chi connectivity index (χ2n) is 3.93. The number of hydrogen-bond acceptors (Lipinski definition) is 3. The first-order valence-electron chi connectivity index (χ1n) is 5.42. The molecular formula is C13H9ClN2O2. The molecule has 18 heavy (non-hydrogen) atoms. The number of aromatic nitrogens is 2. The summed E-state index contributed by atoms with van der Waals surface area (Å²) in [6, 6.07) is 9.24. The molecule has 0 N–H and O–H groups in total. The number of para-hydroxylation sites is 1. The van der Waals surface area contributed by atoms with Gasteiger partial charge in [-0.3, -0.25) is 9.48 Å². The number of carbonyl (C=O) groups excluding carboxylic acids is 1. The van der Waals surface area contributed by atoms with Crippen LogP contribution in [0.1, 0.15) is 10.6 Å². The van der Waals surface area contributed by atoms with Gasteiger partial charge in [0.2, 0.25) is 5.78 Å². The normalized spacial score (nSPS) is 10.9. The van der Waals surface area contributed by atoms with E-state index in [9.17, 15) is 4.79 Å². The van der Waals surface area contributed by atoms with E-state index in [0.717, 1.165) is 5.39 Å². The highest BCUT2D eigenvalue weighted by Gasteiger charge is 2.13. The lowest BCUT2D eigenvalue weighted by atomic mass is 10.2. The van der Waals surface area contributed by atoms with E-state index in [4.69, 9.17) is 16.0 Å². The molecule has 0 saturated carbocycles. The monoisotopic (exact) mass is 260 g/mol. The molecule has 5 heteroatoms. The third-order valence-electron chi connectivity index (χ3n) is 2.61. The maximum absolute atomic E-state index is 12.0. The van der Waals surface area contributed by atoms with Crippen LogP contribution in [0.25, 0.3) is 11.0 Å². The lowest BCUT2D eigenvalue weighted by Crippen LogP contribution is -2.09. The van der Waals surface area contributed by atoms with Crippen LogP contribution in [0.5, 0.6) is 0 Å². The summed E-state index contributed by atoms with van der Waals surface area (Å²) in [6.45, 7) is 0.118. The van der Waals surface area contributed by atoms with Crippen LogP contribution in [0.4, 0.5) is 0 Å². The number of fused-ring (bicyclic) bond motifs is 1. The van der Waals surface area contributed by atoms with Gasteiger partial charge in [0, 0.05) is 11.6 Å². The Morgan fingerprint density at radius 3 is 2.94 bits per heavy atom. The van der Waals surface area contributed by atoms with Crippen LogP contribution in [0.15, 0.2) is 47.1 Å². The fraction of sp³-hybridized carbons (Fsp3) is 0.0769. The Bertz CT molecular complexity index is 681. The van der Waals surface area contributed by atoms with Crippen LogP contribution in [-0.2, 0) is 6.54 Å². The largest absolute Gasteiger partial charge is 0.453 e. The van der Waals surface area contributed by atoms with E-state index in [2.05, 4.69) is 5.10 Å². The van der Waals surface area contributed by atoms with Gasteiger partial charge >= 0.3 is 0 Å². The number of furan rings is 1. The topological polar surface area (TPSA) is 48.0 Å². The van der Waals surface area contributed by atoms with Crippen molar-refractivity contribution in [3.63, 3.8) is 0 Å². The van der Waals surface area contributed by atoms with Crippen LogP contribution >= 0.6 is 11.6 Å². The van der Waals surface area contributed by atoms with E-state index in [1.807, 2.05) is 24.3 Å². The van der Waals surface area contributed by atoms with Gasteiger partial charge in [-0.1, -0.05) is 29.8 Å². The van der Waals surface area contributed by atoms with Crippen molar-refractivity contribution >= 4 is 28.4 Å². The second kappa shape index (κ2) is 4.31. The average Bonchev–Trinajstić information content (AvgIpc) is 2.95. The fourth-order valence-electron chi connectivity index (χ4n) is 1.77. The summed E-state index contributed by atoms with van der Waals surface area (Å²) in [5.74, 6) is 0.203. The fourth-order valence-corrected chi connectivity index (χ4v) is 1.93. The molecular weight excluding hydrogens is 252 g/mol. The Morgan fingerprint density at radius 1 is 1.39 bits per heavy atom. The third kappa shape index (κ3) is 2.02. The Labute approximate surface area is 108 Å². The average molecular weight is 261 g/mol. The van der Waals surface area contributed by atoms with Crippen molar-refractivity contribution in [3.8, 4) is 0 Å². The predicted octanol–water partition coefficient (Wildman–Crippen LogP) is 3.17. The van der Waals surface area contributed by atoms with Crippen molar-refractivity contribution in [2.75, 3.05) is 0 Å². The van der Waals surface area contributed by atoms with E-state index in [0.29, 0.717) is 16.4 Å². The maximum Gasteiger partial charge on any atom is 0.219 e. The van der Waals surface area contributed by atoms with Gasteiger partial charge in [-0.05, 0) is 12.1 Å². The minimum atomic E-state index is -0.133. The minimum Gasteiger partial charge on any atom is -0.453 e. The van der Waals surface area contributed by atoms with Crippen LogP contribution in [0.2, 0.25) is 5.02 Å². The van der Waals surface area contributed by atoms with E-state index in [1.54, 1.807) is 12.3 Å². The number of carbonyl (C=O) groups is 1. The lowest BCUT2D eigenvalue weighted by molar-refractivity contribution is 0.0942. The van der Waals surface area contributed by atoms with E-state index in [1.165, 1.54) is 10.9 Å². The van der Waals surface area contributed by atoms with Crippen molar-refractivity contribution in [3.05, 3.63) is 53.5 Å². The molecule has 4 nitrogen and oxygen atoms in total. The zero-order valence-corrected chi connectivity index (χ0v) is 10.1. The third-order valence-corrected chi connectivity index (χ3v) is 2.80. The first-order valence-corrected chi connectivity index (χ1v) is 5.80. The van der Waals surface area contributed by atoms with Gasteiger partial charge in [0.15, 0.2) is 5.76 Å². The van der Waals surface area contributed by atoms with Crippen molar-refractivity contribution in [2.45, 2.75) is 6.54 Å². The smallest absolute Gasteiger partial charge is 0.219 e. The molecule has 0 aliphatic carbocycles. The Morgan fingerprint density at radius 2 is 2.22 bits per heavy atom. The molecule has 0 unspecified atom stereocenters. The first kappa shape index (κ1) is 11.0. The molecule has 0 fully saturated rings. The van der Waals surface area contributed by atoms with Crippen molar-refractivity contribution < 1.29 is 9.21 Å². The Balaban J connectivity index is 1.87. The number of Topliss-reactive ketones (excluding diaryl/α,β-unsaturated/α-hetero) is 1. The van der Waals surface area contributed by atoms with Gasteiger partial charge in [0.05, 0.1) is 11.2 Å². The maximum atomic E-state index is 12.0. The highest BCUT2D eigenvalue weighted by atomic mass is 35.5. The van der Waals surface area contributed by atoms with Crippen LogP contribution < -0.4 is 0 Å². The molecule has 0 atom stereocenters. The van der Waals surface area contributed by atoms with Gasteiger partial charge in [-0.2, -0.15) is 5.10 Å². The molecule has 2 heterocycles. The summed E-state index contributed by atoms with van der Waals surface area (Å²) >= 11 is 5.74. The number of rotatable bonds is 3. The van der Waals surface area contributed by atoms with Gasteiger partial charge < -0.3 is 4.42 Å². The standard InChI is InChI=1S/C13H9ClN2O2/c14-10-6-15-16(7-10)8-11(17)13-5-9-3-1-2-4-12(9)18-13/h1-7H,8H2. The number of halogens is 1. The zero-order valence-electron chi connectivity index (χ0n) is 9.34. The Kier molecular flexibility index (Phi) is 2.64. The summed E-state index contributed by atoms with van der Waals surface area (Å²) < 4.78 is 6.97. The highest BCUT2D eigenvalue weighted by Crippen LogP contribution is 2.19. The molecule has 1 aromatic carbocycles. The molecule has 0 bridgehead atoms. The molecule has 3 aromatic rings. The lowest BCUT2D eigenvalue weighted by Gasteiger charge is -1.97. The molecule has 90 valence electrons. The van der Waals surface area contributed by atoms with Crippen molar-refractivity contribution in [2.24, 2.45) is 0 Å². The summed E-state index contributed by atoms with van der Waals surface area (Å²) in [6.07, 6.45) is 3.09. The van der Waals surface area contributed by atoms with Gasteiger partial charge in [0.1, 0.15) is 12.1 Å². The molecule has 0 spiro atoms. The zero-order chi connectivity index (χ0) is 12.5. The molecule has 0 amide bonds. The van der Waals surface area contributed by atoms with Gasteiger partial charge in [0.25, 0.3) is 0 Å². The summed E-state index contributed by atoms with van der Waals surface area (Å²) in [5.41, 5.74) is 0.708. The van der Waals surface area contributed by atoms with Gasteiger partial charge in [-0.15, -0.1) is 0 Å². The molecule has 3 rings (SSSR count). The molecule has 0 aliphatic rings. The minimum absolute atomic E-state index is 0.118. The van der Waals surface area contributed by atoms with E-state index < -0.39 is 0 Å². The number of hydrogen-bond donors (Lipinski definition) is 0.